The van der Waals surface area contributed by atoms with Gasteiger partial charge in [0, 0.05) is 50.2 Å². The zero-order valence-corrected chi connectivity index (χ0v) is 17.9. The van der Waals surface area contributed by atoms with Crippen LogP contribution in [0.15, 0.2) is 33.7 Å². The lowest BCUT2D eigenvalue weighted by atomic mass is 10.0. The van der Waals surface area contributed by atoms with Gasteiger partial charge >= 0.3 is 5.97 Å². The number of unbranched alkanes of at least 4 members (excludes halogenated alkanes) is 1. The molecule has 0 saturated carbocycles. The van der Waals surface area contributed by atoms with Crippen molar-refractivity contribution in [3.63, 3.8) is 0 Å². The molecule has 1 fully saturated rings. The van der Waals surface area contributed by atoms with Crippen molar-refractivity contribution in [2.45, 2.75) is 44.7 Å². The van der Waals surface area contributed by atoms with Gasteiger partial charge in [-0.2, -0.15) is 0 Å². The number of nitrogens with one attached hydrogen (secondary N) is 2. The minimum atomic E-state index is -0.146. The molecule has 1 heterocycles. The van der Waals surface area contributed by atoms with Crippen LogP contribution in [0.5, 0.6) is 0 Å². The molecule has 0 unspecified atom stereocenters. The van der Waals surface area contributed by atoms with E-state index in [-0.39, 0.29) is 5.97 Å². The van der Waals surface area contributed by atoms with Crippen molar-refractivity contribution in [1.82, 2.24) is 15.5 Å². The van der Waals surface area contributed by atoms with Crippen LogP contribution in [0.3, 0.4) is 0 Å². The summed E-state index contributed by atoms with van der Waals surface area (Å²) in [5.41, 5.74) is 1.36. The van der Waals surface area contributed by atoms with Crippen LogP contribution in [0.4, 0.5) is 0 Å². The fraction of sp³-hybridized carbons (Fsp3) is 0.600. The Kier molecular flexibility index (Phi) is 9.62. The van der Waals surface area contributed by atoms with Gasteiger partial charge in [-0.15, -0.1) is 0 Å². The minimum Gasteiger partial charge on any atom is -0.469 e. The number of aliphatic imine (C=N–C) groups is 1. The first-order chi connectivity index (χ1) is 13.1. The van der Waals surface area contributed by atoms with Crippen LogP contribution >= 0.6 is 15.9 Å². The van der Waals surface area contributed by atoms with Crippen molar-refractivity contribution in [2.75, 3.05) is 33.8 Å². The second-order valence-electron chi connectivity index (χ2n) is 6.85. The molecule has 1 aromatic carbocycles. The number of ether oxygens (including phenoxy) is 1. The molecule has 0 amide bonds. The molecule has 6 nitrogen and oxygen atoms in total. The number of hydrogen-bond acceptors (Lipinski definition) is 4. The number of carbonyl (C=O) groups is 1. The number of benzene rings is 1. The molecule has 2 rings (SSSR count). The summed E-state index contributed by atoms with van der Waals surface area (Å²) >= 11 is 3.48. The SMILES string of the molecule is CN=C(NCCCCC(=O)OC)NC1CCN(Cc2ccc(Br)cc2)CC1. The van der Waals surface area contributed by atoms with Crippen LogP contribution in [-0.4, -0.2) is 56.7 Å². The highest BCUT2D eigenvalue weighted by Gasteiger charge is 2.20. The molecule has 1 aromatic rings. The maximum absolute atomic E-state index is 11.1. The number of piperidine rings is 1. The summed E-state index contributed by atoms with van der Waals surface area (Å²) in [5.74, 6) is 0.701. The molecule has 27 heavy (non-hydrogen) atoms. The summed E-state index contributed by atoms with van der Waals surface area (Å²) in [6.07, 6.45) is 4.44. The van der Waals surface area contributed by atoms with Crippen LogP contribution in [0.25, 0.3) is 0 Å². The van der Waals surface area contributed by atoms with E-state index in [1.165, 1.54) is 12.7 Å². The molecule has 1 aliphatic heterocycles. The van der Waals surface area contributed by atoms with Gasteiger partial charge in [-0.1, -0.05) is 28.1 Å². The van der Waals surface area contributed by atoms with Gasteiger partial charge in [0.05, 0.1) is 7.11 Å². The number of halogens is 1. The molecule has 0 aliphatic carbocycles. The van der Waals surface area contributed by atoms with Gasteiger partial charge in [0.2, 0.25) is 0 Å². The molecule has 0 atom stereocenters. The van der Waals surface area contributed by atoms with E-state index in [4.69, 9.17) is 0 Å². The van der Waals surface area contributed by atoms with Gasteiger partial charge in [-0.05, 0) is 43.4 Å². The third-order valence-electron chi connectivity index (χ3n) is 4.80. The van der Waals surface area contributed by atoms with Gasteiger partial charge in [-0.3, -0.25) is 14.7 Å². The van der Waals surface area contributed by atoms with E-state index < -0.39 is 0 Å². The maximum Gasteiger partial charge on any atom is 0.305 e. The Bertz CT molecular complexity index is 599. The summed E-state index contributed by atoms with van der Waals surface area (Å²) in [6.45, 7) is 3.99. The molecule has 0 radical (unpaired) electrons. The van der Waals surface area contributed by atoms with Crippen molar-refractivity contribution >= 4 is 27.9 Å². The van der Waals surface area contributed by atoms with E-state index in [0.717, 1.165) is 62.3 Å². The van der Waals surface area contributed by atoms with E-state index >= 15 is 0 Å². The Morgan fingerprint density at radius 1 is 1.26 bits per heavy atom. The first-order valence-electron chi connectivity index (χ1n) is 9.61. The maximum atomic E-state index is 11.1. The largest absolute Gasteiger partial charge is 0.469 e. The van der Waals surface area contributed by atoms with Crippen LogP contribution < -0.4 is 10.6 Å². The summed E-state index contributed by atoms with van der Waals surface area (Å²) in [7, 11) is 3.23. The number of methoxy groups -OCH3 is 1. The highest BCUT2D eigenvalue weighted by Crippen LogP contribution is 2.16. The number of carbonyl (C=O) groups excluding carboxylic acids is 1. The lowest BCUT2D eigenvalue weighted by molar-refractivity contribution is -0.140. The van der Waals surface area contributed by atoms with Crippen LogP contribution in [0.2, 0.25) is 0 Å². The van der Waals surface area contributed by atoms with E-state index in [0.29, 0.717) is 12.5 Å². The summed E-state index contributed by atoms with van der Waals surface area (Å²) in [4.78, 5) is 17.9. The lowest BCUT2D eigenvalue weighted by Crippen LogP contribution is -2.48. The van der Waals surface area contributed by atoms with Gasteiger partial charge in [0.25, 0.3) is 0 Å². The second kappa shape index (κ2) is 12.0. The van der Waals surface area contributed by atoms with Crippen molar-refractivity contribution in [3.8, 4) is 0 Å². The highest BCUT2D eigenvalue weighted by atomic mass is 79.9. The first-order valence-corrected chi connectivity index (χ1v) is 10.4. The molecule has 7 heteroatoms. The number of nitrogens with zero attached hydrogens (tertiary/aromatic N) is 2. The van der Waals surface area contributed by atoms with Crippen LogP contribution in [-0.2, 0) is 16.1 Å². The highest BCUT2D eigenvalue weighted by molar-refractivity contribution is 9.10. The number of hydrogen-bond donors (Lipinski definition) is 2. The average molecular weight is 439 g/mol. The predicted molar refractivity (Wildman–Crippen MR) is 113 cm³/mol. The smallest absolute Gasteiger partial charge is 0.305 e. The summed E-state index contributed by atoms with van der Waals surface area (Å²) < 4.78 is 5.77. The zero-order chi connectivity index (χ0) is 19.5. The minimum absolute atomic E-state index is 0.146. The number of likely N-dealkylation sites (tertiary alicyclic amines) is 1. The topological polar surface area (TPSA) is 66.0 Å². The zero-order valence-electron chi connectivity index (χ0n) is 16.3. The van der Waals surface area contributed by atoms with Crippen molar-refractivity contribution < 1.29 is 9.53 Å². The lowest BCUT2D eigenvalue weighted by Gasteiger charge is -2.33. The summed E-state index contributed by atoms with van der Waals surface area (Å²) in [6, 6.07) is 9.02. The van der Waals surface area contributed by atoms with Gasteiger partial charge in [0.15, 0.2) is 5.96 Å². The Labute approximate surface area is 170 Å². The normalized spacial score (nSPS) is 16.2. The second-order valence-corrected chi connectivity index (χ2v) is 7.77. The van der Waals surface area contributed by atoms with E-state index in [1.54, 1.807) is 7.05 Å². The Morgan fingerprint density at radius 2 is 1.96 bits per heavy atom. The molecule has 0 bridgehead atoms. The number of esters is 1. The molecule has 150 valence electrons. The van der Waals surface area contributed by atoms with Crippen LogP contribution in [0, 0.1) is 0 Å². The molecule has 1 saturated heterocycles. The van der Waals surface area contributed by atoms with Crippen molar-refractivity contribution in [1.29, 1.82) is 0 Å². The van der Waals surface area contributed by atoms with E-state index in [2.05, 4.69) is 65.5 Å². The van der Waals surface area contributed by atoms with Gasteiger partial charge < -0.3 is 15.4 Å². The third kappa shape index (κ3) is 8.30. The number of rotatable bonds is 8. The number of guanidine groups is 1. The fourth-order valence-electron chi connectivity index (χ4n) is 3.17. The molecule has 1 aliphatic rings. The molecular formula is C20H31BrN4O2. The molecule has 2 N–H and O–H groups in total. The van der Waals surface area contributed by atoms with Crippen LogP contribution in [0.1, 0.15) is 37.7 Å². The first kappa shape index (κ1) is 21.7. The van der Waals surface area contributed by atoms with Crippen molar-refractivity contribution in [2.24, 2.45) is 4.99 Å². The summed E-state index contributed by atoms with van der Waals surface area (Å²) in [5, 5.41) is 6.86. The standard InChI is InChI=1S/C20H31BrN4O2/c1-22-20(23-12-4-3-5-19(26)27-2)24-18-10-13-25(14-11-18)15-16-6-8-17(21)9-7-16/h6-9,18H,3-5,10-15H2,1-2H3,(H2,22,23,24). The Hall–Kier alpha value is -1.60. The molecule has 0 spiro atoms. The fourth-order valence-corrected chi connectivity index (χ4v) is 3.44. The van der Waals surface area contributed by atoms with Gasteiger partial charge in [-0.25, -0.2) is 0 Å². The van der Waals surface area contributed by atoms with Gasteiger partial charge in [0.1, 0.15) is 0 Å². The van der Waals surface area contributed by atoms with Crippen molar-refractivity contribution in [3.05, 3.63) is 34.3 Å². The predicted octanol–water partition coefficient (Wildman–Crippen LogP) is 2.92. The van der Waals surface area contributed by atoms with E-state index in [1.807, 2.05) is 0 Å². The molecular weight excluding hydrogens is 408 g/mol. The Balaban J connectivity index is 1.63. The Morgan fingerprint density at radius 3 is 2.59 bits per heavy atom. The monoisotopic (exact) mass is 438 g/mol. The third-order valence-corrected chi connectivity index (χ3v) is 5.33. The average Bonchev–Trinajstić information content (AvgIpc) is 2.69. The van der Waals surface area contributed by atoms with E-state index in [9.17, 15) is 4.79 Å². The molecule has 0 aromatic heterocycles. The quantitative estimate of drug-likeness (QED) is 0.282.